The van der Waals surface area contributed by atoms with Gasteiger partial charge in [0, 0.05) is 10.9 Å². The Balaban J connectivity index is 2.07. The summed E-state index contributed by atoms with van der Waals surface area (Å²) in [4.78, 5) is 10.7. The highest BCUT2D eigenvalue weighted by atomic mass is 35.5. The Labute approximate surface area is 129 Å². The van der Waals surface area contributed by atoms with E-state index in [4.69, 9.17) is 16.7 Å². The Morgan fingerprint density at radius 1 is 1.48 bits per heavy atom. The number of hydrogen-bond donors (Lipinski definition) is 1. The summed E-state index contributed by atoms with van der Waals surface area (Å²) in [5.74, 6) is -0.670. The average Bonchev–Trinajstić information content (AvgIpc) is 3.20. The highest BCUT2D eigenvalue weighted by molar-refractivity contribution is 7.99. The van der Waals surface area contributed by atoms with E-state index in [1.807, 2.05) is 0 Å². The highest BCUT2D eigenvalue weighted by Crippen LogP contribution is 2.41. The van der Waals surface area contributed by atoms with Crippen LogP contribution >= 0.6 is 23.4 Å². The number of thioether (sulfide) groups is 1. The summed E-state index contributed by atoms with van der Waals surface area (Å²) in [5, 5.41) is 17.6. The minimum absolute atomic E-state index is 0.162. The predicted molar refractivity (Wildman–Crippen MR) is 76.7 cm³/mol. The Hall–Kier alpha value is -1.60. The fourth-order valence-electron chi connectivity index (χ4n) is 1.99. The van der Waals surface area contributed by atoms with Gasteiger partial charge in [-0.3, -0.25) is 9.36 Å². The molecule has 8 heteroatoms. The van der Waals surface area contributed by atoms with Crippen LogP contribution in [0.4, 0.5) is 4.39 Å². The summed E-state index contributed by atoms with van der Waals surface area (Å²) < 4.78 is 15.7. The lowest BCUT2D eigenvalue weighted by Gasteiger charge is -2.10. The number of carbonyl (C=O) groups is 1. The van der Waals surface area contributed by atoms with Crippen molar-refractivity contribution in [2.75, 3.05) is 5.75 Å². The van der Waals surface area contributed by atoms with E-state index in [2.05, 4.69) is 10.2 Å². The van der Waals surface area contributed by atoms with Crippen LogP contribution in [0.25, 0.3) is 5.69 Å². The molecular formula is C13H11ClFN3O2S. The van der Waals surface area contributed by atoms with Crippen LogP contribution in [0.15, 0.2) is 23.4 Å². The number of aromatic nitrogens is 3. The molecule has 0 unspecified atom stereocenters. The minimum Gasteiger partial charge on any atom is -0.481 e. The van der Waals surface area contributed by atoms with Crippen LogP contribution in [0.1, 0.15) is 24.6 Å². The third kappa shape index (κ3) is 3.03. The van der Waals surface area contributed by atoms with E-state index in [1.165, 1.54) is 18.2 Å². The summed E-state index contributed by atoms with van der Waals surface area (Å²) in [5.41, 5.74) is 0.252. The van der Waals surface area contributed by atoms with Gasteiger partial charge in [-0.05, 0) is 31.0 Å². The van der Waals surface area contributed by atoms with Gasteiger partial charge in [-0.25, -0.2) is 4.39 Å². The van der Waals surface area contributed by atoms with Crippen LogP contribution in [-0.4, -0.2) is 31.6 Å². The molecule has 1 saturated carbocycles. The van der Waals surface area contributed by atoms with Crippen molar-refractivity contribution in [1.82, 2.24) is 14.8 Å². The molecule has 0 radical (unpaired) electrons. The monoisotopic (exact) mass is 327 g/mol. The first-order valence-corrected chi connectivity index (χ1v) is 7.68. The standard InChI is InChI=1S/C13H11ClFN3O2S/c14-8-3-4-9(15)10(5-8)18-12(7-1-2-7)16-17-13(18)21-6-11(19)20/h3-5,7H,1-2,6H2,(H,19,20). The average molecular weight is 328 g/mol. The molecule has 1 aliphatic carbocycles. The summed E-state index contributed by atoms with van der Waals surface area (Å²) >= 11 is 6.95. The van der Waals surface area contributed by atoms with Crippen molar-refractivity contribution >= 4 is 29.3 Å². The van der Waals surface area contributed by atoms with E-state index < -0.39 is 11.8 Å². The second-order valence-electron chi connectivity index (χ2n) is 4.73. The van der Waals surface area contributed by atoms with Gasteiger partial charge in [-0.15, -0.1) is 10.2 Å². The second kappa shape index (κ2) is 5.65. The van der Waals surface area contributed by atoms with Crippen LogP contribution < -0.4 is 0 Å². The molecule has 1 heterocycles. The molecular weight excluding hydrogens is 317 g/mol. The van der Waals surface area contributed by atoms with Crippen LogP contribution in [0.5, 0.6) is 0 Å². The largest absolute Gasteiger partial charge is 0.481 e. The number of rotatable bonds is 5. The zero-order valence-corrected chi connectivity index (χ0v) is 12.4. The first-order chi connectivity index (χ1) is 10.1. The van der Waals surface area contributed by atoms with Crippen LogP contribution in [0.2, 0.25) is 5.02 Å². The maximum atomic E-state index is 14.1. The van der Waals surface area contributed by atoms with Gasteiger partial charge in [0.2, 0.25) is 0 Å². The summed E-state index contributed by atoms with van der Waals surface area (Å²) in [7, 11) is 0. The highest BCUT2D eigenvalue weighted by Gasteiger charge is 2.31. The summed E-state index contributed by atoms with van der Waals surface area (Å²) in [6.07, 6.45) is 1.95. The number of halogens is 2. The zero-order valence-electron chi connectivity index (χ0n) is 10.8. The molecule has 5 nitrogen and oxygen atoms in total. The number of carboxylic acids is 1. The van der Waals surface area contributed by atoms with Crippen molar-refractivity contribution in [3.63, 3.8) is 0 Å². The number of benzene rings is 1. The molecule has 0 saturated heterocycles. The van der Waals surface area contributed by atoms with E-state index in [9.17, 15) is 9.18 Å². The van der Waals surface area contributed by atoms with Gasteiger partial charge in [0.15, 0.2) is 5.16 Å². The Morgan fingerprint density at radius 3 is 2.90 bits per heavy atom. The topological polar surface area (TPSA) is 68.0 Å². The summed E-state index contributed by atoms with van der Waals surface area (Å²) in [6, 6.07) is 4.24. The van der Waals surface area contributed by atoms with Crippen molar-refractivity contribution in [3.8, 4) is 5.69 Å². The molecule has 0 spiro atoms. The summed E-state index contributed by atoms with van der Waals surface area (Å²) in [6.45, 7) is 0. The molecule has 1 fully saturated rings. The third-order valence-electron chi connectivity index (χ3n) is 3.07. The maximum Gasteiger partial charge on any atom is 0.313 e. The molecule has 0 atom stereocenters. The molecule has 0 amide bonds. The van der Waals surface area contributed by atoms with Gasteiger partial charge in [0.05, 0.1) is 11.4 Å². The lowest BCUT2D eigenvalue weighted by atomic mass is 10.3. The molecule has 21 heavy (non-hydrogen) atoms. The molecule has 1 aromatic carbocycles. The maximum absolute atomic E-state index is 14.1. The van der Waals surface area contributed by atoms with Crippen LogP contribution in [0.3, 0.4) is 0 Å². The first kappa shape index (κ1) is 14.3. The SMILES string of the molecule is O=C(O)CSc1nnc(C2CC2)n1-c1cc(Cl)ccc1F. The van der Waals surface area contributed by atoms with E-state index in [0.717, 1.165) is 24.6 Å². The number of carboxylic acid groups (broad SMARTS) is 1. The van der Waals surface area contributed by atoms with E-state index in [0.29, 0.717) is 16.0 Å². The smallest absolute Gasteiger partial charge is 0.313 e. The van der Waals surface area contributed by atoms with Gasteiger partial charge in [0.25, 0.3) is 0 Å². The predicted octanol–water partition coefficient (Wildman–Crippen LogP) is 3.11. The lowest BCUT2D eigenvalue weighted by molar-refractivity contribution is -0.133. The van der Waals surface area contributed by atoms with E-state index in [-0.39, 0.29) is 17.4 Å². The molecule has 1 N–H and O–H groups in total. The Kier molecular flexibility index (Phi) is 3.86. The van der Waals surface area contributed by atoms with Gasteiger partial charge in [-0.2, -0.15) is 0 Å². The van der Waals surface area contributed by atoms with Crippen LogP contribution in [0, 0.1) is 5.82 Å². The number of hydrogen-bond acceptors (Lipinski definition) is 4. The van der Waals surface area contributed by atoms with Gasteiger partial charge < -0.3 is 5.11 Å². The number of aliphatic carboxylic acids is 1. The third-order valence-corrected chi connectivity index (χ3v) is 4.22. The van der Waals surface area contributed by atoms with Crippen molar-refractivity contribution in [3.05, 3.63) is 34.9 Å². The second-order valence-corrected chi connectivity index (χ2v) is 6.11. The van der Waals surface area contributed by atoms with Gasteiger partial charge in [-0.1, -0.05) is 23.4 Å². The fourth-order valence-corrected chi connectivity index (χ4v) is 2.83. The molecule has 0 bridgehead atoms. The van der Waals surface area contributed by atoms with Crippen molar-refractivity contribution in [2.24, 2.45) is 0 Å². The normalized spacial score (nSPS) is 14.4. The van der Waals surface area contributed by atoms with Crippen molar-refractivity contribution in [1.29, 1.82) is 0 Å². The fraction of sp³-hybridized carbons (Fsp3) is 0.308. The van der Waals surface area contributed by atoms with E-state index in [1.54, 1.807) is 4.57 Å². The zero-order chi connectivity index (χ0) is 15.0. The molecule has 1 aliphatic rings. The van der Waals surface area contributed by atoms with Gasteiger partial charge in [0.1, 0.15) is 11.6 Å². The molecule has 2 aromatic rings. The molecule has 1 aromatic heterocycles. The first-order valence-electron chi connectivity index (χ1n) is 6.31. The Bertz CT molecular complexity index is 703. The van der Waals surface area contributed by atoms with Crippen molar-refractivity contribution in [2.45, 2.75) is 23.9 Å². The quantitative estimate of drug-likeness (QED) is 0.855. The molecule has 110 valence electrons. The molecule has 3 rings (SSSR count). The van der Waals surface area contributed by atoms with Gasteiger partial charge >= 0.3 is 5.97 Å². The number of nitrogens with zero attached hydrogens (tertiary/aromatic N) is 3. The van der Waals surface area contributed by atoms with E-state index >= 15 is 0 Å². The van der Waals surface area contributed by atoms with Crippen molar-refractivity contribution < 1.29 is 14.3 Å². The lowest BCUT2D eigenvalue weighted by Crippen LogP contribution is -2.06. The van der Waals surface area contributed by atoms with Crippen LogP contribution in [-0.2, 0) is 4.79 Å². The Morgan fingerprint density at radius 2 is 2.24 bits per heavy atom. The molecule has 0 aliphatic heterocycles. The minimum atomic E-state index is -0.964.